The lowest BCUT2D eigenvalue weighted by molar-refractivity contribution is 0.0518. The van der Waals surface area contributed by atoms with Crippen molar-refractivity contribution in [2.24, 2.45) is 0 Å². The Balaban J connectivity index is 2.30. The van der Waals surface area contributed by atoms with Gasteiger partial charge in [0.25, 0.3) is 5.91 Å². The third-order valence-corrected chi connectivity index (χ3v) is 2.32. The fourth-order valence-electron chi connectivity index (χ4n) is 1.65. The lowest BCUT2D eigenvalue weighted by atomic mass is 10.2. The van der Waals surface area contributed by atoms with E-state index in [9.17, 15) is 9.59 Å². The molecular formula is C10H13N3O3. The Labute approximate surface area is 92.6 Å². The van der Waals surface area contributed by atoms with E-state index in [4.69, 9.17) is 4.74 Å². The lowest BCUT2D eigenvalue weighted by Crippen LogP contribution is -2.42. The first-order valence-corrected chi connectivity index (χ1v) is 5.17. The number of ether oxygens (including phenoxy) is 1. The number of fused-ring (bicyclic) bond motifs is 1. The zero-order valence-electron chi connectivity index (χ0n) is 9.19. The molecule has 0 fully saturated rings. The molecule has 0 aromatic carbocycles. The number of carbonyl (C=O) groups excluding carboxylic acids is 2. The maximum atomic E-state index is 11.6. The van der Waals surface area contributed by atoms with Crippen LogP contribution in [0.15, 0.2) is 6.07 Å². The van der Waals surface area contributed by atoms with Crippen LogP contribution in [0.4, 0.5) is 0 Å². The minimum Gasteiger partial charge on any atom is -0.461 e. The number of rotatable bonds is 2. The molecule has 1 aliphatic rings. The Morgan fingerprint density at radius 2 is 2.50 bits per heavy atom. The van der Waals surface area contributed by atoms with Crippen LogP contribution < -0.4 is 5.32 Å². The normalized spacial score (nSPS) is 18.9. The first-order chi connectivity index (χ1) is 7.61. The molecule has 86 valence electrons. The summed E-state index contributed by atoms with van der Waals surface area (Å²) in [6, 6.07) is 1.48. The number of nitrogens with one attached hydrogen (secondary N) is 1. The summed E-state index contributed by atoms with van der Waals surface area (Å²) in [4.78, 5) is 23.0. The number of hydrogen-bond acceptors (Lipinski definition) is 4. The number of esters is 1. The SMILES string of the molecule is CCOC(=O)c1cc2n(n1)C[C@@H](C)NC2=O. The zero-order chi connectivity index (χ0) is 11.7. The molecule has 1 aromatic rings. The quantitative estimate of drug-likeness (QED) is 0.726. The van der Waals surface area contributed by atoms with Gasteiger partial charge in [-0.1, -0.05) is 0 Å². The Kier molecular flexibility index (Phi) is 2.64. The molecule has 0 radical (unpaired) electrons. The number of nitrogens with zero attached hydrogens (tertiary/aromatic N) is 2. The first-order valence-electron chi connectivity index (χ1n) is 5.17. The van der Waals surface area contributed by atoms with Gasteiger partial charge < -0.3 is 10.1 Å². The van der Waals surface area contributed by atoms with Gasteiger partial charge in [-0.15, -0.1) is 0 Å². The molecule has 6 heteroatoms. The second kappa shape index (κ2) is 3.96. The molecule has 2 rings (SSSR count). The van der Waals surface area contributed by atoms with E-state index in [0.29, 0.717) is 18.8 Å². The third kappa shape index (κ3) is 1.78. The number of carbonyl (C=O) groups is 2. The van der Waals surface area contributed by atoms with Gasteiger partial charge in [0, 0.05) is 12.1 Å². The fraction of sp³-hybridized carbons (Fsp3) is 0.500. The summed E-state index contributed by atoms with van der Waals surface area (Å²) in [7, 11) is 0. The molecule has 1 aliphatic heterocycles. The summed E-state index contributed by atoms with van der Waals surface area (Å²) >= 11 is 0. The van der Waals surface area contributed by atoms with E-state index in [-0.39, 0.29) is 17.6 Å². The highest BCUT2D eigenvalue weighted by atomic mass is 16.5. The van der Waals surface area contributed by atoms with Gasteiger partial charge in [0.1, 0.15) is 5.69 Å². The molecule has 0 saturated heterocycles. The van der Waals surface area contributed by atoms with Crippen molar-refractivity contribution in [3.05, 3.63) is 17.5 Å². The van der Waals surface area contributed by atoms with Gasteiger partial charge >= 0.3 is 5.97 Å². The van der Waals surface area contributed by atoms with E-state index in [2.05, 4.69) is 10.4 Å². The predicted octanol–water partition coefficient (Wildman–Crippen LogP) is 0.192. The summed E-state index contributed by atoms with van der Waals surface area (Å²) in [6.45, 7) is 4.47. The molecule has 1 amide bonds. The Hall–Kier alpha value is -1.85. The molecule has 2 heterocycles. The molecule has 0 aliphatic carbocycles. The minimum absolute atomic E-state index is 0.0231. The van der Waals surface area contributed by atoms with Crippen molar-refractivity contribution < 1.29 is 14.3 Å². The molecule has 16 heavy (non-hydrogen) atoms. The average molecular weight is 223 g/mol. The smallest absolute Gasteiger partial charge is 0.358 e. The van der Waals surface area contributed by atoms with Gasteiger partial charge in [0.15, 0.2) is 5.69 Å². The topological polar surface area (TPSA) is 73.2 Å². The van der Waals surface area contributed by atoms with E-state index in [1.165, 1.54) is 10.7 Å². The number of amides is 1. The van der Waals surface area contributed by atoms with Crippen molar-refractivity contribution in [2.75, 3.05) is 6.61 Å². The molecule has 0 saturated carbocycles. The molecule has 0 unspecified atom stereocenters. The maximum Gasteiger partial charge on any atom is 0.358 e. The van der Waals surface area contributed by atoms with Gasteiger partial charge in [-0.05, 0) is 13.8 Å². The van der Waals surface area contributed by atoms with Crippen molar-refractivity contribution in [3.8, 4) is 0 Å². The second-order valence-electron chi connectivity index (χ2n) is 3.69. The summed E-state index contributed by atoms with van der Waals surface area (Å²) in [5, 5.41) is 6.82. The number of aromatic nitrogens is 2. The monoisotopic (exact) mass is 223 g/mol. The van der Waals surface area contributed by atoms with Crippen molar-refractivity contribution in [2.45, 2.75) is 26.4 Å². The van der Waals surface area contributed by atoms with Gasteiger partial charge in [0.2, 0.25) is 0 Å². The third-order valence-electron chi connectivity index (χ3n) is 2.32. The molecule has 1 aromatic heterocycles. The van der Waals surface area contributed by atoms with Gasteiger partial charge in [-0.2, -0.15) is 5.10 Å². The Morgan fingerprint density at radius 3 is 3.19 bits per heavy atom. The molecule has 1 N–H and O–H groups in total. The molecule has 0 spiro atoms. The van der Waals surface area contributed by atoms with Crippen LogP contribution in [0.5, 0.6) is 0 Å². The summed E-state index contributed by atoms with van der Waals surface area (Å²) in [5.41, 5.74) is 0.585. The molecule has 6 nitrogen and oxygen atoms in total. The highest BCUT2D eigenvalue weighted by Crippen LogP contribution is 2.11. The highest BCUT2D eigenvalue weighted by Gasteiger charge is 2.25. The second-order valence-corrected chi connectivity index (χ2v) is 3.69. The van der Waals surface area contributed by atoms with Crippen LogP contribution >= 0.6 is 0 Å². The van der Waals surface area contributed by atoms with E-state index in [1.54, 1.807) is 6.92 Å². The van der Waals surface area contributed by atoms with Crippen LogP contribution in [0, 0.1) is 0 Å². The van der Waals surface area contributed by atoms with Crippen molar-refractivity contribution in [3.63, 3.8) is 0 Å². The van der Waals surface area contributed by atoms with Crippen LogP contribution in [0.2, 0.25) is 0 Å². The average Bonchev–Trinajstić information content (AvgIpc) is 2.62. The van der Waals surface area contributed by atoms with Crippen molar-refractivity contribution >= 4 is 11.9 Å². The lowest BCUT2D eigenvalue weighted by Gasteiger charge is -2.20. The maximum absolute atomic E-state index is 11.6. The zero-order valence-corrected chi connectivity index (χ0v) is 9.19. The van der Waals surface area contributed by atoms with E-state index < -0.39 is 5.97 Å². The van der Waals surface area contributed by atoms with E-state index in [0.717, 1.165) is 0 Å². The highest BCUT2D eigenvalue weighted by molar-refractivity contribution is 5.96. The van der Waals surface area contributed by atoms with Crippen molar-refractivity contribution in [1.29, 1.82) is 0 Å². The van der Waals surface area contributed by atoms with Crippen LogP contribution in [-0.4, -0.2) is 34.3 Å². The molecule has 0 bridgehead atoms. The van der Waals surface area contributed by atoms with E-state index in [1.807, 2.05) is 6.92 Å². The largest absolute Gasteiger partial charge is 0.461 e. The van der Waals surface area contributed by atoms with Gasteiger partial charge in [-0.25, -0.2) is 4.79 Å². The van der Waals surface area contributed by atoms with Crippen LogP contribution in [-0.2, 0) is 11.3 Å². The predicted molar refractivity (Wildman–Crippen MR) is 55.1 cm³/mol. The van der Waals surface area contributed by atoms with Gasteiger partial charge in [0.05, 0.1) is 13.2 Å². The Morgan fingerprint density at radius 1 is 1.75 bits per heavy atom. The fourth-order valence-corrected chi connectivity index (χ4v) is 1.65. The minimum atomic E-state index is -0.496. The first kappa shape index (κ1) is 10.7. The van der Waals surface area contributed by atoms with Crippen LogP contribution in [0.25, 0.3) is 0 Å². The molecule has 1 atom stereocenters. The summed E-state index contributed by atoms with van der Waals surface area (Å²) < 4.78 is 6.36. The number of hydrogen-bond donors (Lipinski definition) is 1. The Bertz CT molecular complexity index is 439. The molecular weight excluding hydrogens is 210 g/mol. The summed E-state index contributed by atoms with van der Waals surface area (Å²) in [6.07, 6.45) is 0. The van der Waals surface area contributed by atoms with E-state index >= 15 is 0 Å². The summed E-state index contributed by atoms with van der Waals surface area (Å²) in [5.74, 6) is -0.702. The van der Waals surface area contributed by atoms with Crippen molar-refractivity contribution in [1.82, 2.24) is 15.1 Å². The standard InChI is InChI=1S/C10H13N3O3/c1-3-16-10(15)7-4-8-9(14)11-6(2)5-13(8)12-7/h4,6H,3,5H2,1-2H3,(H,11,14)/t6-/m1/s1. The van der Waals surface area contributed by atoms with Gasteiger partial charge in [-0.3, -0.25) is 9.48 Å². The van der Waals surface area contributed by atoms with Crippen LogP contribution in [0.3, 0.4) is 0 Å². The van der Waals surface area contributed by atoms with Crippen LogP contribution in [0.1, 0.15) is 34.8 Å².